The summed E-state index contributed by atoms with van der Waals surface area (Å²) in [6.45, 7) is 19.1. The van der Waals surface area contributed by atoms with Gasteiger partial charge in [0.05, 0.1) is 11.3 Å². The number of carbonyl (C=O) groups is 3. The minimum absolute atomic E-state index is 0.0931. The van der Waals surface area contributed by atoms with E-state index in [2.05, 4.69) is 20.8 Å². The maximum atomic E-state index is 13.4. The van der Waals surface area contributed by atoms with Gasteiger partial charge in [0.2, 0.25) is 5.60 Å². The largest absolute Gasteiger partial charge is 0.458 e. The van der Waals surface area contributed by atoms with Crippen LogP contribution in [-0.2, 0) is 28.6 Å². The van der Waals surface area contributed by atoms with Crippen molar-refractivity contribution >= 4 is 17.9 Å². The topological polar surface area (TPSA) is 78.9 Å². The molecular weight excluding hydrogens is 384 g/mol. The molecule has 0 radical (unpaired) electrons. The van der Waals surface area contributed by atoms with Crippen LogP contribution < -0.4 is 0 Å². The average molecular weight is 425 g/mol. The van der Waals surface area contributed by atoms with E-state index in [0.717, 1.165) is 0 Å². The van der Waals surface area contributed by atoms with Crippen LogP contribution in [0.3, 0.4) is 0 Å². The fourth-order valence-electron chi connectivity index (χ4n) is 4.41. The molecule has 172 valence electrons. The van der Waals surface area contributed by atoms with Crippen LogP contribution in [0.25, 0.3) is 0 Å². The molecule has 6 heteroatoms. The van der Waals surface area contributed by atoms with Crippen molar-refractivity contribution in [3.63, 3.8) is 0 Å². The van der Waals surface area contributed by atoms with Crippen LogP contribution in [0.1, 0.15) is 94.9 Å². The normalized spacial score (nSPS) is 29.1. The first-order valence-electron chi connectivity index (χ1n) is 11.0. The molecule has 2 rings (SSSR count). The monoisotopic (exact) mass is 424 g/mol. The van der Waals surface area contributed by atoms with Crippen molar-refractivity contribution in [1.82, 2.24) is 0 Å². The number of rotatable bonds is 5. The molecule has 2 bridgehead atoms. The first-order valence-corrected chi connectivity index (χ1v) is 11.0. The Morgan fingerprint density at radius 1 is 1.03 bits per heavy atom. The molecule has 1 saturated heterocycles. The summed E-state index contributed by atoms with van der Waals surface area (Å²) in [4.78, 5) is 38.3. The highest BCUT2D eigenvalue weighted by Gasteiger charge is 2.55. The summed E-state index contributed by atoms with van der Waals surface area (Å²) in [6.07, 6.45) is 1.92. The lowest BCUT2D eigenvalue weighted by Crippen LogP contribution is -2.52. The van der Waals surface area contributed by atoms with Gasteiger partial charge in [0.15, 0.2) is 0 Å². The summed E-state index contributed by atoms with van der Waals surface area (Å²) in [5.41, 5.74) is -3.60. The van der Waals surface area contributed by atoms with Crippen LogP contribution in [0.4, 0.5) is 0 Å². The molecular formula is C24H40O6. The number of carbonyl (C=O) groups excluding carboxylic acids is 3. The predicted molar refractivity (Wildman–Crippen MR) is 114 cm³/mol. The third kappa shape index (κ3) is 4.83. The van der Waals surface area contributed by atoms with Crippen LogP contribution in [0, 0.1) is 22.2 Å². The Bertz CT molecular complexity index is 710. The summed E-state index contributed by atoms with van der Waals surface area (Å²) < 4.78 is 17.1. The Hall–Kier alpha value is -1.59. The summed E-state index contributed by atoms with van der Waals surface area (Å²) in [5, 5.41) is 0. The van der Waals surface area contributed by atoms with Gasteiger partial charge in [-0.3, -0.25) is 9.59 Å². The molecule has 1 aliphatic carbocycles. The highest BCUT2D eigenvalue weighted by atomic mass is 16.6. The van der Waals surface area contributed by atoms with Crippen molar-refractivity contribution in [1.29, 1.82) is 0 Å². The molecule has 0 aromatic heterocycles. The minimum atomic E-state index is -1.45. The molecule has 4 unspecified atom stereocenters. The van der Waals surface area contributed by atoms with E-state index >= 15 is 0 Å². The van der Waals surface area contributed by atoms with E-state index in [9.17, 15) is 14.4 Å². The number of fused-ring (bicyclic) bond motifs is 2. The van der Waals surface area contributed by atoms with E-state index in [1.165, 1.54) is 0 Å². The molecule has 0 N–H and O–H groups in total. The van der Waals surface area contributed by atoms with E-state index in [4.69, 9.17) is 14.2 Å². The second-order valence-corrected chi connectivity index (χ2v) is 12.3. The number of hydrogen-bond donors (Lipinski definition) is 0. The molecule has 2 aliphatic rings. The standard InChI is InChI=1S/C24H40O6/c1-20(2,3)14-23(9,21(4,5)6)19(27)29-22(7,8)18(26)30-24(10)12-11-15-13-16(24)28-17(15)25/h15-16H,11-14H2,1-10H3. The molecule has 0 aromatic rings. The third-order valence-corrected chi connectivity index (χ3v) is 6.92. The second-order valence-electron chi connectivity index (χ2n) is 12.3. The summed E-state index contributed by atoms with van der Waals surface area (Å²) >= 11 is 0. The molecule has 1 heterocycles. The lowest BCUT2D eigenvalue weighted by molar-refractivity contribution is -0.206. The zero-order valence-electron chi connectivity index (χ0n) is 20.4. The van der Waals surface area contributed by atoms with E-state index in [1.54, 1.807) is 20.8 Å². The van der Waals surface area contributed by atoms with Crippen molar-refractivity contribution in [3.8, 4) is 0 Å². The molecule has 30 heavy (non-hydrogen) atoms. The molecule has 1 saturated carbocycles. The summed E-state index contributed by atoms with van der Waals surface area (Å²) in [5.74, 6) is -1.34. The van der Waals surface area contributed by atoms with Crippen LogP contribution in [0.15, 0.2) is 0 Å². The third-order valence-electron chi connectivity index (χ3n) is 6.92. The van der Waals surface area contributed by atoms with Gasteiger partial charge in [0.25, 0.3) is 0 Å². The molecule has 0 amide bonds. The molecule has 6 nitrogen and oxygen atoms in total. The maximum Gasteiger partial charge on any atom is 0.350 e. The van der Waals surface area contributed by atoms with Gasteiger partial charge >= 0.3 is 17.9 Å². The molecule has 4 atom stereocenters. The van der Waals surface area contributed by atoms with Gasteiger partial charge in [-0.05, 0) is 57.8 Å². The highest BCUT2D eigenvalue weighted by molar-refractivity contribution is 5.85. The Labute approximate surface area is 181 Å². The highest BCUT2D eigenvalue weighted by Crippen LogP contribution is 2.48. The van der Waals surface area contributed by atoms with E-state index in [1.807, 2.05) is 27.7 Å². The van der Waals surface area contributed by atoms with Gasteiger partial charge < -0.3 is 14.2 Å². The minimum Gasteiger partial charge on any atom is -0.458 e. The first kappa shape index (κ1) is 24.7. The van der Waals surface area contributed by atoms with Crippen LogP contribution in [-0.4, -0.2) is 35.2 Å². The van der Waals surface area contributed by atoms with Crippen molar-refractivity contribution in [2.24, 2.45) is 22.2 Å². The predicted octanol–water partition coefficient (Wildman–Crippen LogP) is 4.82. The van der Waals surface area contributed by atoms with Crippen molar-refractivity contribution in [2.75, 3.05) is 0 Å². The fraction of sp³-hybridized carbons (Fsp3) is 0.875. The number of hydrogen-bond acceptors (Lipinski definition) is 6. The van der Waals surface area contributed by atoms with Crippen molar-refractivity contribution in [3.05, 3.63) is 0 Å². The van der Waals surface area contributed by atoms with Gasteiger partial charge in [-0.15, -0.1) is 0 Å². The summed E-state index contributed by atoms with van der Waals surface area (Å²) in [6, 6.07) is 0. The Morgan fingerprint density at radius 2 is 1.60 bits per heavy atom. The van der Waals surface area contributed by atoms with E-state index in [-0.39, 0.29) is 22.7 Å². The number of ether oxygens (including phenoxy) is 3. The maximum absolute atomic E-state index is 13.4. The van der Waals surface area contributed by atoms with Crippen molar-refractivity contribution < 1.29 is 28.6 Å². The van der Waals surface area contributed by atoms with Crippen molar-refractivity contribution in [2.45, 2.75) is 112 Å². The van der Waals surface area contributed by atoms with Crippen LogP contribution >= 0.6 is 0 Å². The smallest absolute Gasteiger partial charge is 0.350 e. The van der Waals surface area contributed by atoms with Gasteiger partial charge in [-0.25, -0.2) is 4.79 Å². The molecule has 2 fully saturated rings. The van der Waals surface area contributed by atoms with Gasteiger partial charge in [0, 0.05) is 6.42 Å². The molecule has 0 spiro atoms. The summed E-state index contributed by atoms with van der Waals surface area (Å²) in [7, 11) is 0. The van der Waals surface area contributed by atoms with Crippen LogP contribution in [0.2, 0.25) is 0 Å². The number of esters is 3. The van der Waals surface area contributed by atoms with Crippen LogP contribution in [0.5, 0.6) is 0 Å². The van der Waals surface area contributed by atoms with Gasteiger partial charge in [0.1, 0.15) is 11.7 Å². The Kier molecular flexibility index (Phi) is 6.19. The quantitative estimate of drug-likeness (QED) is 0.465. The van der Waals surface area contributed by atoms with E-state index in [0.29, 0.717) is 25.7 Å². The van der Waals surface area contributed by atoms with Gasteiger partial charge in [-0.2, -0.15) is 0 Å². The zero-order valence-corrected chi connectivity index (χ0v) is 20.4. The van der Waals surface area contributed by atoms with E-state index < -0.39 is 34.7 Å². The lowest BCUT2D eigenvalue weighted by Gasteiger charge is -2.45. The molecule has 1 aliphatic heterocycles. The molecule has 0 aromatic carbocycles. The first-order chi connectivity index (χ1) is 13.3. The lowest BCUT2D eigenvalue weighted by atomic mass is 9.61. The SMILES string of the molecule is CC(C)(C)CC(C)(C(=O)OC(C)(C)C(=O)OC1(C)CCC2CC1OC2=O)C(C)(C)C. The zero-order chi connectivity index (χ0) is 23.3. The average Bonchev–Trinajstić information content (AvgIpc) is 2.86. The second kappa shape index (κ2) is 7.52. The van der Waals surface area contributed by atoms with Gasteiger partial charge in [-0.1, -0.05) is 41.5 Å². The fourth-order valence-corrected chi connectivity index (χ4v) is 4.41. The Morgan fingerprint density at radius 3 is 2.10 bits per heavy atom. The Balaban J connectivity index is 2.16.